The molecule has 0 unspecified atom stereocenters. The summed E-state index contributed by atoms with van der Waals surface area (Å²) in [6.07, 6.45) is 2.01. The Labute approximate surface area is 120 Å². The van der Waals surface area contributed by atoms with Crippen LogP contribution in [0.1, 0.15) is 12.8 Å². The largest absolute Gasteiger partial charge is 0.272 e. The Hall–Kier alpha value is -0.420. The van der Waals surface area contributed by atoms with Gasteiger partial charge in [0.15, 0.2) is 0 Å². The molecule has 1 aromatic rings. The van der Waals surface area contributed by atoms with Gasteiger partial charge in [-0.25, -0.2) is 5.06 Å². The maximum Gasteiger partial charge on any atom is 0.256 e. The van der Waals surface area contributed by atoms with Gasteiger partial charge in [-0.05, 0) is 31.0 Å². The summed E-state index contributed by atoms with van der Waals surface area (Å²) in [5.41, 5.74) is 0. The molecule has 1 aliphatic heterocycles. The van der Waals surface area contributed by atoms with Crippen LogP contribution in [0.3, 0.4) is 0 Å². The summed E-state index contributed by atoms with van der Waals surface area (Å²) in [5.74, 6) is 0.274. The zero-order chi connectivity index (χ0) is 13.0. The lowest BCUT2D eigenvalue weighted by molar-refractivity contribution is -0.194. The van der Waals surface area contributed by atoms with E-state index in [1.807, 2.05) is 0 Å². The van der Waals surface area contributed by atoms with E-state index >= 15 is 0 Å². The first-order valence-corrected chi connectivity index (χ1v) is 7.42. The standard InChI is InChI=1S/C12H13Cl2NO2S/c13-9-3-4-10(14)11(7-9)18-8-12(16)15-5-1-2-6-17-15/h3-4,7H,1-2,5-6,8H2. The molecule has 2 rings (SSSR count). The summed E-state index contributed by atoms with van der Waals surface area (Å²) >= 11 is 13.3. The Kier molecular flexibility index (Phi) is 5.18. The lowest BCUT2D eigenvalue weighted by atomic mass is 10.3. The summed E-state index contributed by atoms with van der Waals surface area (Å²) in [7, 11) is 0. The van der Waals surface area contributed by atoms with Crippen LogP contribution in [0.15, 0.2) is 23.1 Å². The van der Waals surface area contributed by atoms with Crippen LogP contribution >= 0.6 is 35.0 Å². The number of carbonyl (C=O) groups excluding carboxylic acids is 1. The fourth-order valence-corrected chi connectivity index (χ4v) is 2.95. The number of hydrogen-bond donors (Lipinski definition) is 0. The Balaban J connectivity index is 1.90. The molecule has 0 aromatic heterocycles. The Morgan fingerprint density at radius 1 is 1.39 bits per heavy atom. The zero-order valence-electron chi connectivity index (χ0n) is 9.70. The van der Waals surface area contributed by atoms with Crippen molar-refractivity contribution in [3.63, 3.8) is 0 Å². The molecular weight excluding hydrogens is 293 g/mol. The minimum Gasteiger partial charge on any atom is -0.272 e. The maximum atomic E-state index is 11.9. The van der Waals surface area contributed by atoms with E-state index in [-0.39, 0.29) is 5.91 Å². The molecule has 0 radical (unpaired) electrons. The molecule has 98 valence electrons. The van der Waals surface area contributed by atoms with Crippen LogP contribution < -0.4 is 0 Å². The van der Waals surface area contributed by atoms with Gasteiger partial charge in [0.2, 0.25) is 0 Å². The average molecular weight is 306 g/mol. The van der Waals surface area contributed by atoms with Crippen molar-refractivity contribution >= 4 is 40.9 Å². The first-order valence-electron chi connectivity index (χ1n) is 5.68. The van der Waals surface area contributed by atoms with Crippen LogP contribution in [0.2, 0.25) is 10.0 Å². The SMILES string of the molecule is O=C(CSc1cc(Cl)ccc1Cl)N1CCCCO1. The second-order valence-electron chi connectivity index (χ2n) is 3.90. The van der Waals surface area contributed by atoms with Gasteiger partial charge in [0.1, 0.15) is 0 Å². The number of thioether (sulfide) groups is 1. The van der Waals surface area contributed by atoms with Crippen molar-refractivity contribution in [1.82, 2.24) is 5.06 Å². The molecule has 0 spiro atoms. The van der Waals surface area contributed by atoms with Crippen LogP contribution in [0.4, 0.5) is 0 Å². The van der Waals surface area contributed by atoms with E-state index in [1.165, 1.54) is 16.8 Å². The lowest BCUT2D eigenvalue weighted by Gasteiger charge is -2.25. The van der Waals surface area contributed by atoms with Crippen molar-refractivity contribution in [1.29, 1.82) is 0 Å². The summed E-state index contributed by atoms with van der Waals surface area (Å²) in [6, 6.07) is 5.22. The van der Waals surface area contributed by atoms with Crippen molar-refractivity contribution in [2.24, 2.45) is 0 Å². The number of nitrogens with zero attached hydrogens (tertiary/aromatic N) is 1. The van der Waals surface area contributed by atoms with Gasteiger partial charge in [-0.2, -0.15) is 0 Å². The number of amides is 1. The van der Waals surface area contributed by atoms with Crippen LogP contribution in [0.5, 0.6) is 0 Å². The fourth-order valence-electron chi connectivity index (χ4n) is 1.59. The summed E-state index contributed by atoms with van der Waals surface area (Å²) < 4.78 is 0. The average Bonchev–Trinajstić information content (AvgIpc) is 2.40. The number of benzene rings is 1. The minimum atomic E-state index is -0.0317. The quantitative estimate of drug-likeness (QED) is 0.799. The van der Waals surface area contributed by atoms with E-state index < -0.39 is 0 Å². The molecule has 1 saturated heterocycles. The molecule has 6 heteroatoms. The van der Waals surface area contributed by atoms with Crippen molar-refractivity contribution in [2.75, 3.05) is 18.9 Å². The molecule has 3 nitrogen and oxygen atoms in total. The normalized spacial score (nSPS) is 15.8. The van der Waals surface area contributed by atoms with E-state index in [0.717, 1.165) is 17.7 Å². The Morgan fingerprint density at radius 3 is 2.94 bits per heavy atom. The molecule has 0 bridgehead atoms. The topological polar surface area (TPSA) is 29.5 Å². The highest BCUT2D eigenvalue weighted by molar-refractivity contribution is 8.00. The van der Waals surface area contributed by atoms with Crippen LogP contribution in [-0.2, 0) is 9.63 Å². The molecule has 18 heavy (non-hydrogen) atoms. The maximum absolute atomic E-state index is 11.9. The second kappa shape index (κ2) is 6.66. The summed E-state index contributed by atoms with van der Waals surface area (Å²) in [4.78, 5) is 18.0. The molecule has 1 heterocycles. The highest BCUT2D eigenvalue weighted by atomic mass is 35.5. The molecule has 1 fully saturated rings. The molecule has 1 aromatic carbocycles. The van der Waals surface area contributed by atoms with E-state index in [4.69, 9.17) is 28.0 Å². The number of hydrogen-bond acceptors (Lipinski definition) is 3. The third-order valence-electron chi connectivity index (χ3n) is 2.53. The summed E-state index contributed by atoms with van der Waals surface area (Å²) in [5, 5.41) is 2.66. The van der Waals surface area contributed by atoms with Gasteiger partial charge in [-0.15, -0.1) is 11.8 Å². The van der Waals surface area contributed by atoms with E-state index in [0.29, 0.717) is 28.9 Å². The van der Waals surface area contributed by atoms with Gasteiger partial charge in [-0.3, -0.25) is 9.63 Å². The Morgan fingerprint density at radius 2 is 2.22 bits per heavy atom. The molecule has 0 atom stereocenters. The molecule has 1 amide bonds. The van der Waals surface area contributed by atoms with Crippen LogP contribution in [0.25, 0.3) is 0 Å². The van der Waals surface area contributed by atoms with Crippen molar-refractivity contribution in [3.8, 4) is 0 Å². The van der Waals surface area contributed by atoms with Crippen molar-refractivity contribution in [3.05, 3.63) is 28.2 Å². The lowest BCUT2D eigenvalue weighted by Crippen LogP contribution is -2.36. The monoisotopic (exact) mass is 305 g/mol. The van der Waals surface area contributed by atoms with Gasteiger partial charge < -0.3 is 0 Å². The van der Waals surface area contributed by atoms with Gasteiger partial charge >= 0.3 is 0 Å². The third kappa shape index (κ3) is 3.79. The predicted molar refractivity (Wildman–Crippen MR) is 74.1 cm³/mol. The van der Waals surface area contributed by atoms with Crippen molar-refractivity contribution < 1.29 is 9.63 Å². The fraction of sp³-hybridized carbons (Fsp3) is 0.417. The van der Waals surface area contributed by atoms with Gasteiger partial charge in [0.05, 0.1) is 17.4 Å². The zero-order valence-corrected chi connectivity index (χ0v) is 12.0. The first kappa shape index (κ1) is 14.0. The molecular formula is C12H13Cl2NO2S. The third-order valence-corrected chi connectivity index (χ3v) is 4.24. The second-order valence-corrected chi connectivity index (χ2v) is 5.76. The molecule has 0 N–H and O–H groups in total. The van der Waals surface area contributed by atoms with E-state index in [1.54, 1.807) is 18.2 Å². The number of rotatable bonds is 3. The van der Waals surface area contributed by atoms with E-state index in [9.17, 15) is 4.79 Å². The molecule has 1 aliphatic rings. The summed E-state index contributed by atoms with van der Waals surface area (Å²) in [6.45, 7) is 1.29. The van der Waals surface area contributed by atoms with Crippen LogP contribution in [0, 0.1) is 0 Å². The molecule has 0 saturated carbocycles. The van der Waals surface area contributed by atoms with Crippen molar-refractivity contribution in [2.45, 2.75) is 17.7 Å². The number of halogens is 2. The predicted octanol–water partition coefficient (Wildman–Crippen LogP) is 3.64. The van der Waals surface area contributed by atoms with Crippen LogP contribution in [-0.4, -0.2) is 29.9 Å². The van der Waals surface area contributed by atoms with E-state index in [2.05, 4.69) is 0 Å². The first-order chi connectivity index (χ1) is 8.66. The smallest absolute Gasteiger partial charge is 0.256 e. The van der Waals surface area contributed by atoms with Gasteiger partial charge in [-0.1, -0.05) is 23.2 Å². The number of carbonyl (C=O) groups is 1. The molecule has 0 aliphatic carbocycles. The van der Waals surface area contributed by atoms with Gasteiger partial charge in [0, 0.05) is 16.5 Å². The Bertz CT molecular complexity index is 436. The number of hydroxylamine groups is 2. The highest BCUT2D eigenvalue weighted by Crippen LogP contribution is 2.30. The highest BCUT2D eigenvalue weighted by Gasteiger charge is 2.18. The van der Waals surface area contributed by atoms with Gasteiger partial charge in [0.25, 0.3) is 5.91 Å². The minimum absolute atomic E-state index is 0.0317.